The van der Waals surface area contributed by atoms with Crippen LogP contribution >= 0.6 is 0 Å². The molecule has 0 aliphatic rings. The zero-order chi connectivity index (χ0) is 11.8. The summed E-state index contributed by atoms with van der Waals surface area (Å²) in [6.07, 6.45) is 1.12. The molecule has 0 aromatic carbocycles. The number of carbonyl (C=O) groups excluding carboxylic acids is 1. The van der Waals surface area contributed by atoms with Gasteiger partial charge in [-0.05, 0) is 39.7 Å². The summed E-state index contributed by atoms with van der Waals surface area (Å²) in [6.45, 7) is 12.3. The molecule has 0 amide bonds. The van der Waals surface area contributed by atoms with E-state index in [1.54, 1.807) is 0 Å². The van der Waals surface area contributed by atoms with E-state index in [2.05, 4.69) is 32.6 Å². The maximum Gasteiger partial charge on any atom is 0.320 e. The minimum Gasteiger partial charge on any atom is -0.465 e. The summed E-state index contributed by atoms with van der Waals surface area (Å²) in [5.41, 5.74) is 0. The Morgan fingerprint density at radius 2 is 1.87 bits per heavy atom. The van der Waals surface area contributed by atoms with Gasteiger partial charge in [-0.15, -0.1) is 0 Å². The molecule has 0 fully saturated rings. The summed E-state index contributed by atoms with van der Waals surface area (Å²) in [4.78, 5) is 13.5. The first-order chi connectivity index (χ1) is 6.97. The molecule has 0 N–H and O–H groups in total. The molecule has 0 rings (SSSR count). The van der Waals surface area contributed by atoms with Gasteiger partial charge in [-0.2, -0.15) is 0 Å². The van der Waals surface area contributed by atoms with Crippen LogP contribution in [0.2, 0.25) is 0 Å². The molecule has 0 aliphatic carbocycles. The molecule has 3 heteroatoms. The smallest absolute Gasteiger partial charge is 0.320 e. The van der Waals surface area contributed by atoms with Crippen molar-refractivity contribution in [3.05, 3.63) is 0 Å². The molecule has 0 bridgehead atoms. The third kappa shape index (κ3) is 7.37. The summed E-state index contributed by atoms with van der Waals surface area (Å²) in [6, 6.07) is 0.396. The second-order valence-corrected chi connectivity index (χ2v) is 4.55. The quantitative estimate of drug-likeness (QED) is 0.610. The average molecular weight is 215 g/mol. The summed E-state index contributed by atoms with van der Waals surface area (Å²) in [5.74, 6) is 0.559. The Labute approximate surface area is 93.8 Å². The monoisotopic (exact) mass is 215 g/mol. The highest BCUT2D eigenvalue weighted by atomic mass is 16.5. The van der Waals surface area contributed by atoms with Crippen molar-refractivity contribution in [1.82, 2.24) is 4.90 Å². The van der Waals surface area contributed by atoms with E-state index in [1.165, 1.54) is 0 Å². The number of nitrogens with zero attached hydrogens (tertiary/aromatic N) is 1. The second kappa shape index (κ2) is 7.69. The van der Waals surface area contributed by atoms with Crippen LogP contribution in [0.25, 0.3) is 0 Å². The minimum absolute atomic E-state index is 0.116. The summed E-state index contributed by atoms with van der Waals surface area (Å²) in [5, 5.41) is 0. The fraction of sp³-hybridized carbons (Fsp3) is 0.917. The summed E-state index contributed by atoms with van der Waals surface area (Å²) in [7, 11) is 0. The van der Waals surface area contributed by atoms with Crippen LogP contribution in [-0.4, -0.2) is 36.6 Å². The van der Waals surface area contributed by atoms with Crippen LogP contribution in [0.1, 0.15) is 41.0 Å². The first-order valence-electron chi connectivity index (χ1n) is 5.87. The van der Waals surface area contributed by atoms with Gasteiger partial charge in [0.25, 0.3) is 0 Å². The number of ether oxygens (including phenoxy) is 1. The van der Waals surface area contributed by atoms with Gasteiger partial charge >= 0.3 is 5.97 Å². The third-order valence-corrected chi connectivity index (χ3v) is 2.36. The minimum atomic E-state index is -0.116. The lowest BCUT2D eigenvalue weighted by Crippen LogP contribution is -2.37. The molecular formula is C12H25NO2. The lowest BCUT2D eigenvalue weighted by molar-refractivity contribution is -0.144. The maximum atomic E-state index is 11.3. The number of hydrogen-bond donors (Lipinski definition) is 0. The molecule has 0 heterocycles. The number of rotatable bonds is 7. The molecule has 0 atom stereocenters. The van der Waals surface area contributed by atoms with E-state index < -0.39 is 0 Å². The topological polar surface area (TPSA) is 29.5 Å². The Morgan fingerprint density at radius 1 is 1.27 bits per heavy atom. The SMILES string of the molecule is CCOC(=O)CN(CCC(C)C)C(C)C. The van der Waals surface area contributed by atoms with Gasteiger partial charge in [-0.1, -0.05) is 13.8 Å². The lowest BCUT2D eigenvalue weighted by atomic mass is 10.1. The largest absolute Gasteiger partial charge is 0.465 e. The van der Waals surface area contributed by atoms with Crippen LogP contribution < -0.4 is 0 Å². The van der Waals surface area contributed by atoms with E-state index in [0.717, 1.165) is 13.0 Å². The van der Waals surface area contributed by atoms with E-state index in [-0.39, 0.29) is 5.97 Å². The highest BCUT2D eigenvalue weighted by Crippen LogP contribution is 2.05. The predicted octanol–water partition coefficient (Wildman–Crippen LogP) is 2.31. The molecule has 90 valence electrons. The molecule has 0 aromatic heterocycles. The van der Waals surface area contributed by atoms with Crippen LogP contribution in [0.4, 0.5) is 0 Å². The van der Waals surface area contributed by atoms with Crippen molar-refractivity contribution in [1.29, 1.82) is 0 Å². The number of esters is 1. The van der Waals surface area contributed by atoms with Crippen LogP contribution in [0.5, 0.6) is 0 Å². The van der Waals surface area contributed by atoms with Crippen molar-refractivity contribution in [2.75, 3.05) is 19.7 Å². The zero-order valence-electron chi connectivity index (χ0n) is 10.7. The van der Waals surface area contributed by atoms with Crippen molar-refractivity contribution in [3.8, 4) is 0 Å². The van der Waals surface area contributed by atoms with Gasteiger partial charge in [-0.25, -0.2) is 0 Å². The molecule has 0 saturated heterocycles. The van der Waals surface area contributed by atoms with Gasteiger partial charge in [0.2, 0.25) is 0 Å². The fourth-order valence-electron chi connectivity index (χ4n) is 1.32. The van der Waals surface area contributed by atoms with Gasteiger partial charge in [0.15, 0.2) is 0 Å². The summed E-state index contributed by atoms with van der Waals surface area (Å²) < 4.78 is 4.95. The Balaban J connectivity index is 3.98. The van der Waals surface area contributed by atoms with Crippen molar-refractivity contribution >= 4 is 5.97 Å². The van der Waals surface area contributed by atoms with Gasteiger partial charge in [0.1, 0.15) is 0 Å². The van der Waals surface area contributed by atoms with Crippen molar-refractivity contribution < 1.29 is 9.53 Å². The standard InChI is InChI=1S/C12H25NO2/c1-6-15-12(14)9-13(11(4)5)8-7-10(2)3/h10-11H,6-9H2,1-5H3. The number of hydrogen-bond acceptors (Lipinski definition) is 3. The van der Waals surface area contributed by atoms with Crippen LogP contribution in [0.3, 0.4) is 0 Å². The molecule has 0 unspecified atom stereocenters. The van der Waals surface area contributed by atoms with Crippen LogP contribution in [0, 0.1) is 5.92 Å². The van der Waals surface area contributed by atoms with Gasteiger partial charge < -0.3 is 4.74 Å². The zero-order valence-corrected chi connectivity index (χ0v) is 10.7. The maximum absolute atomic E-state index is 11.3. The van der Waals surface area contributed by atoms with E-state index in [9.17, 15) is 4.79 Å². The third-order valence-electron chi connectivity index (χ3n) is 2.36. The normalized spacial score (nSPS) is 11.5. The Bertz CT molecular complexity index is 178. The molecule has 0 spiro atoms. The lowest BCUT2D eigenvalue weighted by Gasteiger charge is -2.25. The molecule has 0 radical (unpaired) electrons. The van der Waals surface area contributed by atoms with E-state index >= 15 is 0 Å². The van der Waals surface area contributed by atoms with E-state index in [4.69, 9.17) is 4.74 Å². The highest BCUT2D eigenvalue weighted by molar-refractivity contribution is 5.71. The van der Waals surface area contributed by atoms with Crippen LogP contribution in [0.15, 0.2) is 0 Å². The van der Waals surface area contributed by atoms with Crippen LogP contribution in [-0.2, 0) is 9.53 Å². The van der Waals surface area contributed by atoms with E-state index in [0.29, 0.717) is 25.1 Å². The second-order valence-electron chi connectivity index (χ2n) is 4.55. The fourth-order valence-corrected chi connectivity index (χ4v) is 1.32. The van der Waals surface area contributed by atoms with Gasteiger partial charge in [0, 0.05) is 6.04 Å². The molecule has 3 nitrogen and oxygen atoms in total. The molecule has 0 aromatic rings. The summed E-state index contributed by atoms with van der Waals surface area (Å²) >= 11 is 0. The molecule has 15 heavy (non-hydrogen) atoms. The van der Waals surface area contributed by atoms with Gasteiger partial charge in [0.05, 0.1) is 13.2 Å². The number of carbonyl (C=O) groups is 1. The highest BCUT2D eigenvalue weighted by Gasteiger charge is 2.14. The van der Waals surface area contributed by atoms with Crippen molar-refractivity contribution in [3.63, 3.8) is 0 Å². The molecule has 0 aliphatic heterocycles. The molecule has 0 saturated carbocycles. The van der Waals surface area contributed by atoms with Crippen molar-refractivity contribution in [2.24, 2.45) is 5.92 Å². The predicted molar refractivity (Wildman–Crippen MR) is 62.8 cm³/mol. The Kier molecular flexibility index (Phi) is 7.39. The average Bonchev–Trinajstić information content (AvgIpc) is 2.11. The Hall–Kier alpha value is -0.570. The Morgan fingerprint density at radius 3 is 2.27 bits per heavy atom. The first kappa shape index (κ1) is 14.4. The van der Waals surface area contributed by atoms with E-state index in [1.807, 2.05) is 6.92 Å². The molecular weight excluding hydrogens is 190 g/mol. The first-order valence-corrected chi connectivity index (χ1v) is 5.87. The van der Waals surface area contributed by atoms with Gasteiger partial charge in [-0.3, -0.25) is 9.69 Å². The van der Waals surface area contributed by atoms with Crippen molar-refractivity contribution in [2.45, 2.75) is 47.1 Å².